The summed E-state index contributed by atoms with van der Waals surface area (Å²) in [6, 6.07) is 110. The lowest BCUT2D eigenvalue weighted by Crippen LogP contribution is -2.28. The van der Waals surface area contributed by atoms with Gasteiger partial charge < -0.3 is 4.90 Å². The van der Waals surface area contributed by atoms with Crippen LogP contribution in [0.4, 0.5) is 17.1 Å². The van der Waals surface area contributed by atoms with E-state index in [0.29, 0.717) is 0 Å². The van der Waals surface area contributed by atoms with E-state index >= 15 is 0 Å². The third-order valence-electron chi connectivity index (χ3n) is 15.5. The highest BCUT2D eigenvalue weighted by molar-refractivity contribution is 6.22. The lowest BCUT2D eigenvalue weighted by Gasteiger charge is -2.35. The van der Waals surface area contributed by atoms with Crippen LogP contribution in [0.25, 0.3) is 88.0 Å². The summed E-state index contributed by atoms with van der Waals surface area (Å²) in [6.45, 7) is 0. The Bertz CT molecular complexity index is 4180. The van der Waals surface area contributed by atoms with Crippen molar-refractivity contribution < 1.29 is 0 Å². The van der Waals surface area contributed by atoms with Gasteiger partial charge in [0.05, 0.1) is 5.41 Å². The molecule has 13 aromatic carbocycles. The molecule has 0 saturated carbocycles. The van der Waals surface area contributed by atoms with Crippen molar-refractivity contribution in [2.24, 2.45) is 0 Å². The average molecular weight is 940 g/mol. The zero-order chi connectivity index (χ0) is 49.0. The van der Waals surface area contributed by atoms with Crippen LogP contribution in [0, 0.1) is 0 Å². The first-order chi connectivity index (χ1) is 36.7. The molecular formula is C73H49N. The highest BCUT2D eigenvalue weighted by atomic mass is 15.1. The molecule has 0 heterocycles. The summed E-state index contributed by atoms with van der Waals surface area (Å²) in [4.78, 5) is 2.45. The van der Waals surface area contributed by atoms with Gasteiger partial charge in [0, 0.05) is 17.1 Å². The second-order valence-corrected chi connectivity index (χ2v) is 19.5. The minimum absolute atomic E-state index is 0.539. The van der Waals surface area contributed by atoms with Crippen molar-refractivity contribution in [2.75, 3.05) is 4.90 Å². The summed E-state index contributed by atoms with van der Waals surface area (Å²) in [5, 5.41) is 7.46. The fraction of sp³-hybridized carbons (Fsp3) is 0.0137. The monoisotopic (exact) mass is 939 g/mol. The molecule has 0 atom stereocenters. The van der Waals surface area contributed by atoms with Gasteiger partial charge in [0.25, 0.3) is 0 Å². The van der Waals surface area contributed by atoms with Crippen LogP contribution in [0.15, 0.2) is 297 Å². The van der Waals surface area contributed by atoms with E-state index in [2.05, 4.69) is 302 Å². The first-order valence-electron chi connectivity index (χ1n) is 25.7. The van der Waals surface area contributed by atoms with Gasteiger partial charge in [0.15, 0.2) is 0 Å². The molecule has 0 bridgehead atoms. The van der Waals surface area contributed by atoms with E-state index in [1.54, 1.807) is 0 Å². The van der Waals surface area contributed by atoms with Gasteiger partial charge in [-0.15, -0.1) is 0 Å². The van der Waals surface area contributed by atoms with Crippen molar-refractivity contribution >= 4 is 49.4 Å². The van der Waals surface area contributed by atoms with Gasteiger partial charge in [-0.05, 0) is 159 Å². The van der Waals surface area contributed by atoms with Gasteiger partial charge >= 0.3 is 0 Å². The molecule has 14 rings (SSSR count). The van der Waals surface area contributed by atoms with Crippen LogP contribution in [-0.4, -0.2) is 0 Å². The van der Waals surface area contributed by atoms with Gasteiger partial charge in [-0.3, -0.25) is 0 Å². The zero-order valence-corrected chi connectivity index (χ0v) is 40.7. The number of nitrogens with zero attached hydrogens (tertiary/aromatic N) is 1. The van der Waals surface area contributed by atoms with Gasteiger partial charge in [-0.1, -0.05) is 249 Å². The Morgan fingerprint density at radius 2 is 0.716 bits per heavy atom. The maximum absolute atomic E-state index is 2.47. The second-order valence-electron chi connectivity index (χ2n) is 19.5. The molecule has 0 radical (unpaired) electrons. The largest absolute Gasteiger partial charge is 0.310 e. The summed E-state index contributed by atoms with van der Waals surface area (Å²) in [6.07, 6.45) is 0. The van der Waals surface area contributed by atoms with Gasteiger partial charge in [-0.25, -0.2) is 0 Å². The van der Waals surface area contributed by atoms with Crippen LogP contribution in [0.3, 0.4) is 0 Å². The zero-order valence-electron chi connectivity index (χ0n) is 40.7. The van der Waals surface area contributed by atoms with E-state index in [1.807, 2.05) is 0 Å². The molecule has 0 saturated heterocycles. The van der Waals surface area contributed by atoms with E-state index in [9.17, 15) is 0 Å². The van der Waals surface area contributed by atoms with E-state index in [1.165, 1.54) is 99.1 Å². The highest BCUT2D eigenvalue weighted by Gasteiger charge is 2.46. The summed E-state index contributed by atoms with van der Waals surface area (Å²) in [5.41, 5.74) is 19.9. The van der Waals surface area contributed by atoms with E-state index in [0.717, 1.165) is 28.2 Å². The van der Waals surface area contributed by atoms with Crippen LogP contribution in [0.5, 0.6) is 0 Å². The molecule has 1 heteroatoms. The Morgan fingerprint density at radius 3 is 1.43 bits per heavy atom. The summed E-state index contributed by atoms with van der Waals surface area (Å²) in [5.74, 6) is 0. The lowest BCUT2D eigenvalue weighted by atomic mass is 9.67. The van der Waals surface area contributed by atoms with Crippen LogP contribution >= 0.6 is 0 Å². The van der Waals surface area contributed by atoms with Crippen molar-refractivity contribution in [3.8, 4) is 55.6 Å². The van der Waals surface area contributed by atoms with E-state index in [-0.39, 0.29) is 0 Å². The first-order valence-corrected chi connectivity index (χ1v) is 25.7. The fourth-order valence-electron chi connectivity index (χ4n) is 12.2. The van der Waals surface area contributed by atoms with E-state index in [4.69, 9.17) is 0 Å². The Kier molecular flexibility index (Phi) is 10.5. The van der Waals surface area contributed by atoms with Crippen molar-refractivity contribution in [3.63, 3.8) is 0 Å². The molecule has 0 fully saturated rings. The minimum atomic E-state index is -0.539. The average Bonchev–Trinajstić information content (AvgIpc) is 3.79. The molecule has 0 unspecified atom stereocenters. The number of hydrogen-bond acceptors (Lipinski definition) is 1. The fourth-order valence-corrected chi connectivity index (χ4v) is 12.2. The predicted octanol–water partition coefficient (Wildman–Crippen LogP) is 19.6. The molecule has 1 nitrogen and oxygen atoms in total. The maximum Gasteiger partial charge on any atom is 0.0714 e. The SMILES string of the molecule is c1ccc(-c2c(-c3ccccc3)c3cc(-c4cccc(N(c5ccc(-c6ccc7ccccc7c6)cc5)c5ccc6c(c5)C(c5ccccc5)(c5ccccc5)c5ccccc5-6)c4)ccc3c3ccccc23)cc1. The molecule has 1 aliphatic carbocycles. The summed E-state index contributed by atoms with van der Waals surface area (Å²) >= 11 is 0. The van der Waals surface area contributed by atoms with Crippen LogP contribution < -0.4 is 4.90 Å². The number of anilines is 3. The molecule has 346 valence electrons. The van der Waals surface area contributed by atoms with Crippen molar-refractivity contribution in [3.05, 3.63) is 320 Å². The first kappa shape index (κ1) is 43.2. The molecule has 0 N–H and O–H groups in total. The third kappa shape index (κ3) is 7.08. The molecule has 0 aliphatic heterocycles. The highest BCUT2D eigenvalue weighted by Crippen LogP contribution is 2.57. The molecule has 1 aliphatic rings. The summed E-state index contributed by atoms with van der Waals surface area (Å²) < 4.78 is 0. The number of fused-ring (bicyclic) bond motifs is 7. The lowest BCUT2D eigenvalue weighted by molar-refractivity contribution is 0.768. The predicted molar refractivity (Wildman–Crippen MR) is 313 cm³/mol. The quantitative estimate of drug-likeness (QED) is 0.130. The second kappa shape index (κ2) is 17.9. The van der Waals surface area contributed by atoms with Crippen LogP contribution in [-0.2, 0) is 5.41 Å². The minimum Gasteiger partial charge on any atom is -0.310 e. The molecule has 0 aromatic heterocycles. The molecular weight excluding hydrogens is 891 g/mol. The Hall–Kier alpha value is -9.56. The third-order valence-corrected chi connectivity index (χ3v) is 15.5. The number of benzene rings is 13. The molecule has 74 heavy (non-hydrogen) atoms. The Labute approximate surface area is 432 Å². The van der Waals surface area contributed by atoms with Gasteiger partial charge in [-0.2, -0.15) is 0 Å². The van der Waals surface area contributed by atoms with Crippen LogP contribution in [0.1, 0.15) is 22.3 Å². The Morgan fingerprint density at radius 1 is 0.230 bits per heavy atom. The van der Waals surface area contributed by atoms with Crippen molar-refractivity contribution in [2.45, 2.75) is 5.41 Å². The summed E-state index contributed by atoms with van der Waals surface area (Å²) in [7, 11) is 0. The standard InChI is InChI=1S/C73H49N/c1-5-21-52(22-6-1)71-67-34-16-15-32-63(67)64-44-40-57(48-68(64)72(71)53-23-7-2-8-24-53)55-26-19-31-61(47-55)74(60-41-38-51(39-42-60)56-37-36-50-20-13-14-25-54(50)46-56)62-43-45-66-65-33-17-18-35-69(65)73(70(66)49-62,58-27-9-3-10-28-58)59-29-11-4-12-30-59/h1-49H. The molecule has 0 amide bonds. The number of hydrogen-bond donors (Lipinski definition) is 0. The van der Waals surface area contributed by atoms with Crippen LogP contribution in [0.2, 0.25) is 0 Å². The van der Waals surface area contributed by atoms with E-state index < -0.39 is 5.41 Å². The van der Waals surface area contributed by atoms with Crippen molar-refractivity contribution in [1.29, 1.82) is 0 Å². The number of rotatable bonds is 9. The normalized spacial score (nSPS) is 12.4. The maximum atomic E-state index is 2.47. The van der Waals surface area contributed by atoms with Gasteiger partial charge in [0.2, 0.25) is 0 Å². The van der Waals surface area contributed by atoms with Crippen molar-refractivity contribution in [1.82, 2.24) is 0 Å². The topological polar surface area (TPSA) is 3.24 Å². The molecule has 0 spiro atoms. The Balaban J connectivity index is 0.976. The van der Waals surface area contributed by atoms with Gasteiger partial charge in [0.1, 0.15) is 0 Å². The molecule has 13 aromatic rings. The smallest absolute Gasteiger partial charge is 0.0714 e.